The van der Waals surface area contributed by atoms with Gasteiger partial charge < -0.3 is 14.2 Å². The molecule has 2 aliphatic rings. The van der Waals surface area contributed by atoms with E-state index >= 15 is 0 Å². The summed E-state index contributed by atoms with van der Waals surface area (Å²) in [5, 5.41) is 2.33. The van der Waals surface area contributed by atoms with Gasteiger partial charge in [-0.15, -0.1) is 0 Å². The quantitative estimate of drug-likeness (QED) is 0.264. The minimum Gasteiger partial charge on any atom is -0.456 e. The molecule has 1 unspecified atom stereocenters. The summed E-state index contributed by atoms with van der Waals surface area (Å²) in [5.74, 6) is 0. The molecule has 1 aromatic heterocycles. The fourth-order valence-electron chi connectivity index (χ4n) is 6.09. The third kappa shape index (κ3) is 2.55. The van der Waals surface area contributed by atoms with Crippen LogP contribution in [0, 0.1) is 0 Å². The predicted molar refractivity (Wildman–Crippen MR) is 144 cm³/mol. The van der Waals surface area contributed by atoms with Gasteiger partial charge in [-0.3, -0.25) is 0 Å². The summed E-state index contributed by atoms with van der Waals surface area (Å²) in [6.07, 6.45) is 1.17. The molecule has 5 aromatic carbocycles. The van der Waals surface area contributed by atoms with Crippen molar-refractivity contribution in [2.45, 2.75) is 12.6 Å². The van der Waals surface area contributed by atoms with Gasteiger partial charge in [0.25, 0.3) is 0 Å². The van der Waals surface area contributed by atoms with Crippen LogP contribution in [0.3, 0.4) is 0 Å². The Labute approximate surface area is 203 Å². The maximum atomic E-state index is 6.31. The molecule has 0 saturated carbocycles. The molecule has 1 atom stereocenters. The molecule has 2 aliphatic heterocycles. The molecule has 3 heterocycles. The predicted octanol–water partition coefficient (Wildman–Crippen LogP) is 8.43. The first-order valence-corrected chi connectivity index (χ1v) is 12.1. The minimum absolute atomic E-state index is 0.197. The highest BCUT2D eigenvalue weighted by molar-refractivity contribution is 6.16. The van der Waals surface area contributed by atoms with Gasteiger partial charge in [0, 0.05) is 28.4 Å². The van der Waals surface area contributed by atoms with Crippen molar-refractivity contribution in [2.24, 2.45) is 0 Å². The summed E-state index contributed by atoms with van der Waals surface area (Å²) >= 11 is 0. The summed E-state index contributed by atoms with van der Waals surface area (Å²) in [4.78, 5) is 5.05. The SMILES string of the molecule is c1ccc(-c2c(N3c4ccccc4N4c5ccccc5CC43)ccc3oc4ccccc4c23)cc1. The topological polar surface area (TPSA) is 19.6 Å². The third-order valence-corrected chi connectivity index (χ3v) is 7.49. The molecule has 0 saturated heterocycles. The lowest BCUT2D eigenvalue weighted by molar-refractivity contribution is 0.668. The molecule has 0 bridgehead atoms. The highest BCUT2D eigenvalue weighted by Gasteiger charge is 2.43. The maximum absolute atomic E-state index is 6.31. The van der Waals surface area contributed by atoms with Gasteiger partial charge in [-0.25, -0.2) is 0 Å². The fraction of sp³-hybridized carbons (Fsp3) is 0.0625. The first-order chi connectivity index (χ1) is 17.4. The molecule has 0 amide bonds. The zero-order valence-corrected chi connectivity index (χ0v) is 19.1. The largest absolute Gasteiger partial charge is 0.456 e. The summed E-state index contributed by atoms with van der Waals surface area (Å²) in [7, 11) is 0. The normalized spacial score (nSPS) is 16.1. The van der Waals surface area contributed by atoms with Gasteiger partial charge in [-0.2, -0.15) is 0 Å². The number of benzene rings is 5. The van der Waals surface area contributed by atoms with Crippen molar-refractivity contribution in [3.8, 4) is 11.1 Å². The van der Waals surface area contributed by atoms with Crippen LogP contribution in [-0.4, -0.2) is 6.17 Å². The highest BCUT2D eigenvalue weighted by Crippen LogP contribution is 2.55. The standard InChI is InChI=1S/C32H22N2O/c1-2-10-21(11-3-1)31-27(18-19-29-32(31)23-13-5-9-17-28(23)35-29)34-26-16-8-7-15-25(26)33-24-14-6-4-12-22(24)20-30(33)34/h1-19,30H,20H2. The zero-order valence-electron chi connectivity index (χ0n) is 19.1. The summed E-state index contributed by atoms with van der Waals surface area (Å²) in [6, 6.07) is 41.1. The van der Waals surface area contributed by atoms with Crippen LogP contribution in [-0.2, 0) is 6.42 Å². The van der Waals surface area contributed by atoms with Crippen molar-refractivity contribution in [1.82, 2.24) is 0 Å². The Morgan fingerprint density at radius 3 is 2.03 bits per heavy atom. The first-order valence-electron chi connectivity index (χ1n) is 12.1. The molecular weight excluding hydrogens is 428 g/mol. The van der Waals surface area contributed by atoms with E-state index in [4.69, 9.17) is 4.42 Å². The van der Waals surface area contributed by atoms with Crippen LogP contribution in [0.5, 0.6) is 0 Å². The van der Waals surface area contributed by atoms with Gasteiger partial charge in [0.05, 0.1) is 17.1 Å². The van der Waals surface area contributed by atoms with Crippen molar-refractivity contribution in [3.63, 3.8) is 0 Å². The van der Waals surface area contributed by atoms with Crippen molar-refractivity contribution < 1.29 is 4.42 Å². The van der Waals surface area contributed by atoms with Crippen LogP contribution in [0.2, 0.25) is 0 Å². The van der Waals surface area contributed by atoms with Crippen molar-refractivity contribution in [3.05, 3.63) is 121 Å². The van der Waals surface area contributed by atoms with E-state index in [0.29, 0.717) is 0 Å². The molecule has 8 rings (SSSR count). The number of nitrogens with zero attached hydrogens (tertiary/aromatic N) is 2. The van der Waals surface area contributed by atoms with Crippen LogP contribution >= 0.6 is 0 Å². The second kappa shape index (κ2) is 7.00. The summed E-state index contributed by atoms with van der Waals surface area (Å²) in [5.41, 5.74) is 10.7. The van der Waals surface area contributed by atoms with Crippen LogP contribution < -0.4 is 9.80 Å². The van der Waals surface area contributed by atoms with E-state index in [1.54, 1.807) is 0 Å². The molecule has 0 N–H and O–H groups in total. The number of fused-ring (bicyclic) bond motifs is 8. The molecule has 0 spiro atoms. The number of hydrogen-bond donors (Lipinski definition) is 0. The van der Waals surface area contributed by atoms with Crippen LogP contribution in [0.4, 0.5) is 22.7 Å². The zero-order chi connectivity index (χ0) is 22.9. The average molecular weight is 451 g/mol. The first kappa shape index (κ1) is 18.9. The molecule has 35 heavy (non-hydrogen) atoms. The number of anilines is 4. The van der Waals surface area contributed by atoms with Crippen LogP contribution in [0.25, 0.3) is 33.1 Å². The number of rotatable bonds is 2. The smallest absolute Gasteiger partial charge is 0.136 e. The molecule has 3 heteroatoms. The Kier molecular flexibility index (Phi) is 3.78. The molecule has 0 aliphatic carbocycles. The van der Waals surface area contributed by atoms with E-state index in [2.05, 4.69) is 119 Å². The van der Waals surface area contributed by atoms with E-state index < -0.39 is 0 Å². The maximum Gasteiger partial charge on any atom is 0.136 e. The lowest BCUT2D eigenvalue weighted by Crippen LogP contribution is -2.36. The lowest BCUT2D eigenvalue weighted by Gasteiger charge is -2.30. The summed E-state index contributed by atoms with van der Waals surface area (Å²) in [6.45, 7) is 0. The van der Waals surface area contributed by atoms with Gasteiger partial charge >= 0.3 is 0 Å². The van der Waals surface area contributed by atoms with Crippen molar-refractivity contribution in [1.29, 1.82) is 0 Å². The van der Waals surface area contributed by atoms with Gasteiger partial charge in [0.15, 0.2) is 0 Å². The van der Waals surface area contributed by atoms with E-state index in [0.717, 1.165) is 23.0 Å². The van der Waals surface area contributed by atoms with Gasteiger partial charge in [-0.1, -0.05) is 78.9 Å². The highest BCUT2D eigenvalue weighted by atomic mass is 16.3. The van der Waals surface area contributed by atoms with E-state index in [1.807, 2.05) is 6.07 Å². The van der Waals surface area contributed by atoms with Gasteiger partial charge in [0.2, 0.25) is 0 Å². The van der Waals surface area contributed by atoms with Crippen molar-refractivity contribution >= 4 is 44.7 Å². The Morgan fingerprint density at radius 1 is 0.543 bits per heavy atom. The Bertz CT molecular complexity index is 1750. The number of furan rings is 1. The van der Waals surface area contributed by atoms with E-state index in [1.165, 1.54) is 44.8 Å². The second-order valence-electron chi connectivity index (χ2n) is 9.34. The van der Waals surface area contributed by atoms with E-state index in [-0.39, 0.29) is 6.17 Å². The molecule has 0 radical (unpaired) electrons. The fourth-order valence-corrected chi connectivity index (χ4v) is 6.09. The second-order valence-corrected chi connectivity index (χ2v) is 9.34. The van der Waals surface area contributed by atoms with Crippen LogP contribution in [0.1, 0.15) is 5.56 Å². The average Bonchev–Trinajstić information content (AvgIpc) is 3.57. The Morgan fingerprint density at radius 2 is 1.20 bits per heavy atom. The molecular formula is C32H22N2O. The molecule has 6 aromatic rings. The number of para-hydroxylation sites is 4. The molecule has 3 nitrogen and oxygen atoms in total. The molecule has 166 valence electrons. The van der Waals surface area contributed by atoms with Crippen molar-refractivity contribution in [2.75, 3.05) is 9.80 Å². The lowest BCUT2D eigenvalue weighted by atomic mass is 9.96. The Balaban J connectivity index is 1.45. The number of hydrogen-bond acceptors (Lipinski definition) is 3. The minimum atomic E-state index is 0.197. The van der Waals surface area contributed by atoms with Crippen LogP contribution in [0.15, 0.2) is 120 Å². The summed E-state index contributed by atoms with van der Waals surface area (Å²) < 4.78 is 6.31. The van der Waals surface area contributed by atoms with Gasteiger partial charge in [-0.05, 0) is 47.5 Å². The van der Waals surface area contributed by atoms with Gasteiger partial charge in [0.1, 0.15) is 17.3 Å². The monoisotopic (exact) mass is 450 g/mol. The third-order valence-electron chi connectivity index (χ3n) is 7.49. The van der Waals surface area contributed by atoms with E-state index in [9.17, 15) is 0 Å². The molecule has 0 fully saturated rings. The Hall–Kier alpha value is -4.50.